The number of aryl methyl sites for hydroxylation is 1. The molecular weight excluding hydrogens is 773 g/mol. The molecule has 0 radical (unpaired) electrons. The number of likely N-dealkylation sites (N-methyl/N-ethyl adjacent to an activating group) is 1. The van der Waals surface area contributed by atoms with Crippen LogP contribution in [0.5, 0.6) is 11.5 Å². The van der Waals surface area contributed by atoms with Crippen molar-refractivity contribution in [3.8, 4) is 11.5 Å². The van der Waals surface area contributed by atoms with Crippen LogP contribution in [0.25, 0.3) is 11.0 Å². The number of nitrogens with zero attached hydrogens (tertiary/aromatic N) is 4. The maximum atomic E-state index is 13.9. The van der Waals surface area contributed by atoms with E-state index in [-0.39, 0.29) is 67.2 Å². The monoisotopic (exact) mass is 820 g/mol. The van der Waals surface area contributed by atoms with E-state index in [1.54, 1.807) is 50.7 Å². The Bertz CT molecular complexity index is 2420. The molecule has 5 aromatic rings. The van der Waals surface area contributed by atoms with Gasteiger partial charge in [-0.1, -0.05) is 18.2 Å². The van der Waals surface area contributed by atoms with Crippen molar-refractivity contribution in [2.75, 3.05) is 74.5 Å². The molecule has 0 bridgehead atoms. The van der Waals surface area contributed by atoms with Gasteiger partial charge in [0.2, 0.25) is 17.6 Å². The Hall–Kier alpha value is -6.88. The van der Waals surface area contributed by atoms with Crippen LogP contribution in [0.1, 0.15) is 62.8 Å². The molecule has 0 aliphatic carbocycles. The van der Waals surface area contributed by atoms with Crippen molar-refractivity contribution in [1.29, 1.82) is 0 Å². The molecule has 3 aromatic carbocycles. The largest absolute Gasteiger partial charge is 0.493 e. The van der Waals surface area contributed by atoms with E-state index >= 15 is 0 Å². The minimum Gasteiger partial charge on any atom is -0.493 e. The molecule has 5 amide bonds. The second-order valence-corrected chi connectivity index (χ2v) is 14.6. The van der Waals surface area contributed by atoms with Gasteiger partial charge in [-0.25, -0.2) is 4.98 Å². The number of imidazole rings is 1. The number of aromatic nitrogens is 2. The fourth-order valence-corrected chi connectivity index (χ4v) is 7.42. The maximum absolute atomic E-state index is 13.9. The highest BCUT2D eigenvalue weighted by Crippen LogP contribution is 2.42. The van der Waals surface area contributed by atoms with E-state index in [0.717, 1.165) is 23.4 Å². The Labute approximate surface area is 346 Å². The molecule has 7 rings (SSSR count). The van der Waals surface area contributed by atoms with Gasteiger partial charge < -0.3 is 54.3 Å². The number of furan rings is 1. The molecule has 60 heavy (non-hydrogen) atoms. The molecule has 2 aromatic heterocycles. The van der Waals surface area contributed by atoms with E-state index in [1.807, 2.05) is 36.2 Å². The molecule has 2 aliphatic heterocycles. The minimum absolute atomic E-state index is 0.0107. The van der Waals surface area contributed by atoms with Crippen molar-refractivity contribution in [3.05, 3.63) is 89.6 Å². The van der Waals surface area contributed by atoms with Gasteiger partial charge in [-0.15, -0.1) is 0 Å². The average Bonchev–Trinajstić information content (AvgIpc) is 3.93. The Kier molecular flexibility index (Phi) is 12.6. The first-order valence-corrected chi connectivity index (χ1v) is 19.7. The first-order valence-electron chi connectivity index (χ1n) is 19.7. The summed E-state index contributed by atoms with van der Waals surface area (Å²) in [6.45, 7) is 2.04. The predicted octanol–water partition coefficient (Wildman–Crippen LogP) is 4.52. The predicted molar refractivity (Wildman–Crippen MR) is 224 cm³/mol. The van der Waals surface area contributed by atoms with Crippen LogP contribution in [0.2, 0.25) is 0 Å². The van der Waals surface area contributed by atoms with Gasteiger partial charge in [0.05, 0.1) is 31.0 Å². The summed E-state index contributed by atoms with van der Waals surface area (Å²) in [6.07, 6.45) is 3.64. The molecular formula is C43H48N8O9. The number of rotatable bonds is 17. The number of nitrogens with one attached hydrogen (secondary N) is 4. The van der Waals surface area contributed by atoms with Crippen molar-refractivity contribution in [2.24, 2.45) is 7.05 Å². The highest BCUT2D eigenvalue weighted by atomic mass is 16.5. The molecule has 0 unspecified atom stereocenters. The van der Waals surface area contributed by atoms with Crippen LogP contribution in [0.15, 0.2) is 71.3 Å². The second-order valence-electron chi connectivity index (χ2n) is 14.6. The van der Waals surface area contributed by atoms with Crippen LogP contribution >= 0.6 is 0 Å². The number of anilines is 4. The summed E-state index contributed by atoms with van der Waals surface area (Å²) in [6, 6.07) is 18.0. The number of para-hydroxylation sites is 1. The van der Waals surface area contributed by atoms with Crippen molar-refractivity contribution in [3.63, 3.8) is 0 Å². The van der Waals surface area contributed by atoms with Gasteiger partial charge in [0.15, 0.2) is 23.1 Å². The smallest absolute Gasteiger partial charge is 0.291 e. The third kappa shape index (κ3) is 9.20. The summed E-state index contributed by atoms with van der Waals surface area (Å²) in [5, 5.41) is 11.6. The van der Waals surface area contributed by atoms with Crippen LogP contribution in [-0.4, -0.2) is 99.2 Å². The molecule has 2 aliphatic rings. The number of carbonyl (C=O) groups is 5. The molecule has 17 heteroatoms. The lowest BCUT2D eigenvalue weighted by Gasteiger charge is -2.25. The van der Waals surface area contributed by atoms with E-state index in [4.69, 9.17) is 18.6 Å². The molecule has 0 saturated heterocycles. The number of hydrogen-bond acceptors (Lipinski definition) is 11. The number of ether oxygens (including phenoxy) is 3. The number of fused-ring (bicyclic) bond motifs is 5. The Morgan fingerprint density at radius 1 is 0.850 bits per heavy atom. The SMILES string of the molecule is COCCCNC(=O)CCNC(=O)c1cc2cc(NC(=O)c3nc(NC(=O)CCCOc4cc5c(cc4OC)C(=O)N4c6ccccc6C[C@H]4CN5C)cn3C)ccc2o1. The summed E-state index contributed by atoms with van der Waals surface area (Å²) in [7, 11) is 6.73. The van der Waals surface area contributed by atoms with Gasteiger partial charge in [0, 0.05) is 89.3 Å². The van der Waals surface area contributed by atoms with E-state index in [1.165, 1.54) is 11.7 Å². The topological polar surface area (TPSA) is 199 Å². The van der Waals surface area contributed by atoms with Crippen molar-refractivity contribution in [2.45, 2.75) is 38.1 Å². The van der Waals surface area contributed by atoms with E-state index in [2.05, 4.69) is 37.2 Å². The zero-order chi connectivity index (χ0) is 42.3. The Morgan fingerprint density at radius 3 is 2.50 bits per heavy atom. The molecule has 0 spiro atoms. The minimum atomic E-state index is -0.514. The number of carbonyl (C=O) groups excluding carboxylic acids is 5. The van der Waals surface area contributed by atoms with Crippen LogP contribution in [-0.2, 0) is 27.8 Å². The molecule has 4 heterocycles. The van der Waals surface area contributed by atoms with Crippen molar-refractivity contribution in [1.82, 2.24) is 20.2 Å². The lowest BCUT2D eigenvalue weighted by atomic mass is 10.1. The normalized spacial score (nSPS) is 14.2. The van der Waals surface area contributed by atoms with Gasteiger partial charge in [0.25, 0.3) is 17.7 Å². The number of amides is 5. The summed E-state index contributed by atoms with van der Waals surface area (Å²) >= 11 is 0. The first-order chi connectivity index (χ1) is 29.0. The highest BCUT2D eigenvalue weighted by molar-refractivity contribution is 6.12. The molecule has 4 N–H and O–H groups in total. The molecule has 0 saturated carbocycles. The summed E-state index contributed by atoms with van der Waals surface area (Å²) in [4.78, 5) is 72.9. The number of methoxy groups -OCH3 is 2. The Morgan fingerprint density at radius 2 is 1.68 bits per heavy atom. The van der Waals surface area contributed by atoms with E-state index in [0.29, 0.717) is 66.3 Å². The van der Waals surface area contributed by atoms with Crippen LogP contribution in [0.3, 0.4) is 0 Å². The van der Waals surface area contributed by atoms with Crippen molar-refractivity contribution >= 4 is 63.4 Å². The van der Waals surface area contributed by atoms with Crippen LogP contribution < -0.4 is 40.5 Å². The lowest BCUT2D eigenvalue weighted by molar-refractivity contribution is -0.121. The zero-order valence-corrected chi connectivity index (χ0v) is 34.0. The fourth-order valence-electron chi connectivity index (χ4n) is 7.42. The van der Waals surface area contributed by atoms with Gasteiger partial charge in [-0.3, -0.25) is 24.0 Å². The standard InChI is InChI=1S/C43H48N8O9/c1-49-24-29-20-26-9-5-6-10-31(26)51(29)43(56)30-22-34(58-4)35(23-32(30)49)59-18-7-11-39(53)47-37-25-50(2)40(48-37)42(55)46-28-12-13-33-27(19-28)21-36(60-33)41(54)45-16-14-38(52)44-15-8-17-57-3/h5-6,9-10,12-13,19,21-23,25,29H,7-8,11,14-18,20,24H2,1-4H3,(H,44,52)(H,45,54)(H,46,55)(H,47,53)/t29-/m0/s1. The summed E-state index contributed by atoms with van der Waals surface area (Å²) in [5.41, 5.74) is 4.25. The van der Waals surface area contributed by atoms with Gasteiger partial charge >= 0.3 is 0 Å². The van der Waals surface area contributed by atoms with Gasteiger partial charge in [0.1, 0.15) is 5.58 Å². The molecule has 0 fully saturated rings. The zero-order valence-electron chi connectivity index (χ0n) is 34.0. The quantitative estimate of drug-likeness (QED) is 0.0963. The van der Waals surface area contributed by atoms with E-state index in [9.17, 15) is 24.0 Å². The van der Waals surface area contributed by atoms with Gasteiger partial charge in [-0.2, -0.15) is 0 Å². The fraction of sp³-hybridized carbons (Fsp3) is 0.349. The molecule has 314 valence electrons. The maximum Gasteiger partial charge on any atom is 0.291 e. The average molecular weight is 821 g/mol. The summed E-state index contributed by atoms with van der Waals surface area (Å²) in [5.74, 6) is -0.324. The third-order valence-corrected chi connectivity index (χ3v) is 10.3. The third-order valence-electron chi connectivity index (χ3n) is 10.3. The molecule has 17 nitrogen and oxygen atoms in total. The lowest BCUT2D eigenvalue weighted by Crippen LogP contribution is -2.41. The molecule has 1 atom stereocenters. The number of hydrogen-bond donors (Lipinski definition) is 4. The van der Waals surface area contributed by atoms with E-state index < -0.39 is 11.8 Å². The van der Waals surface area contributed by atoms with Gasteiger partial charge in [-0.05, 0) is 61.2 Å². The highest BCUT2D eigenvalue weighted by Gasteiger charge is 2.39. The second kappa shape index (κ2) is 18.4. The Balaban J connectivity index is 0.887. The summed E-state index contributed by atoms with van der Waals surface area (Å²) < 4.78 is 23.9. The first kappa shape index (κ1) is 41.3. The van der Waals surface area contributed by atoms with Crippen molar-refractivity contribution < 1.29 is 42.6 Å². The van der Waals surface area contributed by atoms with Crippen LogP contribution in [0.4, 0.5) is 22.9 Å². The number of benzene rings is 3. The van der Waals surface area contributed by atoms with Crippen LogP contribution in [0, 0.1) is 0 Å².